The Morgan fingerprint density at radius 2 is 2.13 bits per heavy atom. The number of fused-ring (bicyclic) bond motifs is 1. The van der Waals surface area contributed by atoms with Crippen molar-refractivity contribution in [1.29, 1.82) is 0 Å². The van der Waals surface area contributed by atoms with Crippen molar-refractivity contribution in [3.8, 4) is 0 Å². The van der Waals surface area contributed by atoms with Crippen LogP contribution >= 0.6 is 43.2 Å². The molecule has 3 heterocycles. The lowest BCUT2D eigenvalue weighted by atomic mass is 10.3. The summed E-state index contributed by atoms with van der Waals surface area (Å²) in [6.45, 7) is 1.85. The summed E-state index contributed by atoms with van der Waals surface area (Å²) in [5.41, 5.74) is 1.71. The van der Waals surface area contributed by atoms with E-state index in [0.29, 0.717) is 16.2 Å². The van der Waals surface area contributed by atoms with Crippen LogP contribution in [0.5, 0.6) is 0 Å². The lowest BCUT2D eigenvalue weighted by Gasteiger charge is -2.05. The number of hydrogen-bond donors (Lipinski definition) is 0. The molecule has 0 saturated carbocycles. The predicted molar refractivity (Wildman–Crippen MR) is 95.0 cm³/mol. The van der Waals surface area contributed by atoms with E-state index < -0.39 is 5.97 Å². The molecule has 0 spiro atoms. The number of carbonyl (C=O) groups is 1. The van der Waals surface area contributed by atoms with E-state index in [4.69, 9.17) is 4.74 Å². The van der Waals surface area contributed by atoms with Gasteiger partial charge in [-0.15, -0.1) is 11.3 Å². The van der Waals surface area contributed by atoms with Gasteiger partial charge in [0.25, 0.3) is 5.56 Å². The van der Waals surface area contributed by atoms with Crippen molar-refractivity contribution >= 4 is 54.8 Å². The van der Waals surface area contributed by atoms with Crippen molar-refractivity contribution in [3.63, 3.8) is 0 Å². The number of nitrogens with zero attached hydrogens (tertiary/aromatic N) is 2. The lowest BCUT2D eigenvalue weighted by molar-refractivity contribution is 0.0473. The van der Waals surface area contributed by atoms with Gasteiger partial charge in [0.15, 0.2) is 0 Å². The first-order valence-electron chi connectivity index (χ1n) is 6.55. The monoisotopic (exact) mass is 456 g/mol. The number of rotatable bonds is 3. The maximum atomic E-state index is 12.1. The SMILES string of the molecule is Cc1ccc2nc(COC(=O)c3cc(Br)c(Br)s3)cc(=O)n2c1. The Bertz CT molecular complexity index is 946. The summed E-state index contributed by atoms with van der Waals surface area (Å²) in [5, 5.41) is 0. The van der Waals surface area contributed by atoms with E-state index in [9.17, 15) is 9.59 Å². The van der Waals surface area contributed by atoms with Crippen molar-refractivity contribution in [2.45, 2.75) is 13.5 Å². The van der Waals surface area contributed by atoms with Gasteiger partial charge < -0.3 is 4.74 Å². The van der Waals surface area contributed by atoms with Crippen LogP contribution in [-0.4, -0.2) is 15.4 Å². The van der Waals surface area contributed by atoms with Crippen LogP contribution in [0.15, 0.2) is 43.5 Å². The summed E-state index contributed by atoms with van der Waals surface area (Å²) in [6, 6.07) is 6.69. The highest BCUT2D eigenvalue weighted by molar-refractivity contribution is 9.13. The number of pyridine rings is 1. The minimum atomic E-state index is -0.452. The number of ether oxygens (including phenoxy) is 1. The Morgan fingerprint density at radius 1 is 1.35 bits per heavy atom. The zero-order chi connectivity index (χ0) is 16.6. The molecule has 5 nitrogen and oxygen atoms in total. The second kappa shape index (κ2) is 6.54. The van der Waals surface area contributed by atoms with E-state index in [-0.39, 0.29) is 12.2 Å². The van der Waals surface area contributed by atoms with Gasteiger partial charge in [-0.2, -0.15) is 0 Å². The molecule has 0 fully saturated rings. The van der Waals surface area contributed by atoms with Crippen LogP contribution in [0.4, 0.5) is 0 Å². The quantitative estimate of drug-likeness (QED) is 0.558. The van der Waals surface area contributed by atoms with Crippen LogP contribution in [0, 0.1) is 6.92 Å². The van der Waals surface area contributed by atoms with Gasteiger partial charge in [0.1, 0.15) is 17.1 Å². The number of aromatic nitrogens is 2. The molecular weight excluding hydrogens is 448 g/mol. The molecule has 0 amide bonds. The third kappa shape index (κ3) is 3.54. The number of carbonyl (C=O) groups excluding carboxylic acids is 1. The maximum Gasteiger partial charge on any atom is 0.348 e. The molecule has 0 radical (unpaired) electrons. The summed E-state index contributed by atoms with van der Waals surface area (Å²) < 4.78 is 8.31. The summed E-state index contributed by atoms with van der Waals surface area (Å²) >= 11 is 7.93. The average molecular weight is 458 g/mol. The summed E-state index contributed by atoms with van der Waals surface area (Å²) in [4.78, 5) is 28.9. The normalized spacial score (nSPS) is 10.9. The first-order chi connectivity index (χ1) is 10.9. The number of thiophene rings is 1. The molecule has 0 saturated heterocycles. The van der Waals surface area contributed by atoms with Crippen LogP contribution < -0.4 is 5.56 Å². The fourth-order valence-corrected chi connectivity index (χ4v) is 3.92. The lowest BCUT2D eigenvalue weighted by Crippen LogP contribution is -2.16. The molecule has 0 N–H and O–H groups in total. The zero-order valence-electron chi connectivity index (χ0n) is 11.9. The topological polar surface area (TPSA) is 60.7 Å². The molecule has 0 bridgehead atoms. The number of aryl methyl sites for hydroxylation is 1. The molecule has 3 aromatic heterocycles. The molecule has 23 heavy (non-hydrogen) atoms. The average Bonchev–Trinajstić information content (AvgIpc) is 2.85. The van der Waals surface area contributed by atoms with Crippen LogP contribution in [0.2, 0.25) is 0 Å². The van der Waals surface area contributed by atoms with E-state index >= 15 is 0 Å². The Kier molecular flexibility index (Phi) is 4.65. The smallest absolute Gasteiger partial charge is 0.348 e. The van der Waals surface area contributed by atoms with E-state index in [1.54, 1.807) is 18.3 Å². The van der Waals surface area contributed by atoms with Gasteiger partial charge in [0.2, 0.25) is 0 Å². The highest BCUT2D eigenvalue weighted by Gasteiger charge is 2.14. The first-order valence-corrected chi connectivity index (χ1v) is 8.95. The number of hydrogen-bond acceptors (Lipinski definition) is 5. The molecule has 8 heteroatoms. The minimum absolute atomic E-state index is 0.0500. The zero-order valence-corrected chi connectivity index (χ0v) is 15.9. The Labute approximate surface area is 152 Å². The maximum absolute atomic E-state index is 12.1. The minimum Gasteiger partial charge on any atom is -0.455 e. The van der Waals surface area contributed by atoms with Gasteiger partial charge in [-0.25, -0.2) is 9.78 Å². The standard InChI is InChI=1S/C15H10Br2N2O3S/c1-8-2-3-12-18-9(4-13(20)19(12)6-8)7-22-15(21)11-5-10(16)14(17)23-11/h2-6H,7H2,1H3. The van der Waals surface area contributed by atoms with Crippen molar-refractivity contribution in [1.82, 2.24) is 9.38 Å². The van der Waals surface area contributed by atoms with Crippen molar-refractivity contribution in [3.05, 3.63) is 65.2 Å². The molecule has 0 unspecified atom stereocenters. The van der Waals surface area contributed by atoms with Crippen LogP contribution in [-0.2, 0) is 11.3 Å². The van der Waals surface area contributed by atoms with Gasteiger partial charge in [-0.05, 0) is 56.5 Å². The molecule has 118 valence electrons. The van der Waals surface area contributed by atoms with Crippen LogP contribution in [0.1, 0.15) is 20.9 Å². The highest BCUT2D eigenvalue weighted by Crippen LogP contribution is 2.32. The molecular formula is C15H10Br2N2O3S. The van der Waals surface area contributed by atoms with Gasteiger partial charge in [-0.3, -0.25) is 9.20 Å². The third-order valence-corrected chi connectivity index (χ3v) is 6.29. The van der Waals surface area contributed by atoms with E-state index in [2.05, 4.69) is 36.8 Å². The number of halogens is 2. The van der Waals surface area contributed by atoms with Crippen molar-refractivity contribution in [2.75, 3.05) is 0 Å². The van der Waals surface area contributed by atoms with Gasteiger partial charge in [-0.1, -0.05) is 6.07 Å². The molecule has 3 rings (SSSR count). The third-order valence-electron chi connectivity index (χ3n) is 3.06. The molecule has 0 aliphatic carbocycles. The molecule has 0 atom stereocenters. The highest BCUT2D eigenvalue weighted by atomic mass is 79.9. The predicted octanol–water partition coefficient (Wildman–Crippen LogP) is 3.95. The summed E-state index contributed by atoms with van der Waals surface area (Å²) in [5.74, 6) is -0.452. The van der Waals surface area contributed by atoms with Crippen molar-refractivity contribution < 1.29 is 9.53 Å². The Hall–Kier alpha value is -1.51. The summed E-state index contributed by atoms with van der Waals surface area (Å²) in [7, 11) is 0. The Morgan fingerprint density at radius 3 is 2.83 bits per heavy atom. The Balaban J connectivity index is 1.80. The second-order valence-corrected chi connectivity index (χ2v) is 8.05. The fraction of sp³-hybridized carbons (Fsp3) is 0.133. The molecule has 0 aliphatic rings. The summed E-state index contributed by atoms with van der Waals surface area (Å²) in [6.07, 6.45) is 1.72. The molecule has 0 aliphatic heterocycles. The molecule has 3 aromatic rings. The van der Waals surface area contributed by atoms with Crippen LogP contribution in [0.25, 0.3) is 5.65 Å². The van der Waals surface area contributed by atoms with Gasteiger partial charge >= 0.3 is 5.97 Å². The van der Waals surface area contributed by atoms with Crippen molar-refractivity contribution in [2.24, 2.45) is 0 Å². The van der Waals surface area contributed by atoms with Crippen LogP contribution in [0.3, 0.4) is 0 Å². The van der Waals surface area contributed by atoms with E-state index in [1.807, 2.05) is 13.0 Å². The second-order valence-electron chi connectivity index (χ2n) is 4.83. The molecule has 0 aromatic carbocycles. The number of esters is 1. The fourth-order valence-electron chi connectivity index (χ4n) is 1.99. The first kappa shape index (κ1) is 16.4. The largest absolute Gasteiger partial charge is 0.455 e. The van der Waals surface area contributed by atoms with Gasteiger partial charge in [0.05, 0.1) is 9.48 Å². The van der Waals surface area contributed by atoms with Gasteiger partial charge in [0, 0.05) is 16.7 Å². The van der Waals surface area contributed by atoms with E-state index in [0.717, 1.165) is 13.8 Å². The van der Waals surface area contributed by atoms with E-state index in [1.165, 1.54) is 21.8 Å².